The van der Waals surface area contributed by atoms with Crippen molar-refractivity contribution in [3.63, 3.8) is 0 Å². The van der Waals surface area contributed by atoms with Gasteiger partial charge in [0.25, 0.3) is 0 Å². The maximum atomic E-state index is 5.98. The topological polar surface area (TPSA) is 29.0 Å². The number of nitrogens with zero attached hydrogens (tertiary/aromatic N) is 3. The normalized spacial score (nSPS) is 15.9. The summed E-state index contributed by atoms with van der Waals surface area (Å²) >= 11 is 7.18. The number of hydrogen-bond donors (Lipinski definition) is 0. The molecular formula is C9H14ClN3S. The van der Waals surface area contributed by atoms with Crippen LogP contribution in [0.1, 0.15) is 32.6 Å². The molecule has 0 saturated heterocycles. The van der Waals surface area contributed by atoms with Crippen molar-refractivity contribution in [2.24, 2.45) is 0 Å². The Balaban J connectivity index is 2.06. The lowest BCUT2D eigenvalue weighted by Gasteiger charge is -2.21. The highest BCUT2D eigenvalue weighted by molar-refractivity contribution is 6.99. The van der Waals surface area contributed by atoms with Gasteiger partial charge in [-0.3, -0.25) is 0 Å². The molecule has 0 bridgehead atoms. The predicted octanol–water partition coefficient (Wildman–Crippen LogP) is 2.96. The van der Waals surface area contributed by atoms with E-state index in [1.165, 1.54) is 37.4 Å². The van der Waals surface area contributed by atoms with Crippen molar-refractivity contribution in [1.82, 2.24) is 8.75 Å². The van der Waals surface area contributed by atoms with Crippen LogP contribution in [0.5, 0.6) is 0 Å². The summed E-state index contributed by atoms with van der Waals surface area (Å²) in [6.07, 6.45) is 4.96. The van der Waals surface area contributed by atoms with Crippen molar-refractivity contribution < 1.29 is 0 Å². The van der Waals surface area contributed by atoms with Crippen molar-refractivity contribution in [3.8, 4) is 0 Å². The number of unbranched alkanes of at least 4 members (excludes halogenated alkanes) is 1. The smallest absolute Gasteiger partial charge is 0.187 e. The standard InChI is InChI=1S/C9H14ClN3S/c1-2-3-6-13(7-4-5-7)9-8(10)11-14-12-9/h7H,2-6H2,1H3. The summed E-state index contributed by atoms with van der Waals surface area (Å²) in [6.45, 7) is 3.26. The summed E-state index contributed by atoms with van der Waals surface area (Å²) in [5, 5.41) is 0.568. The van der Waals surface area contributed by atoms with E-state index in [1.807, 2.05) is 0 Å². The van der Waals surface area contributed by atoms with Gasteiger partial charge in [-0.1, -0.05) is 24.9 Å². The zero-order valence-electron chi connectivity index (χ0n) is 8.24. The van der Waals surface area contributed by atoms with Crippen LogP contribution in [-0.4, -0.2) is 21.3 Å². The fourth-order valence-corrected chi connectivity index (χ4v) is 2.28. The molecule has 1 aromatic rings. The summed E-state index contributed by atoms with van der Waals surface area (Å²) in [6, 6.07) is 0.669. The molecule has 5 heteroatoms. The van der Waals surface area contributed by atoms with E-state index in [0.29, 0.717) is 11.2 Å². The maximum Gasteiger partial charge on any atom is 0.187 e. The average molecular weight is 232 g/mol. The Hall–Kier alpha value is -0.350. The summed E-state index contributed by atoms with van der Waals surface area (Å²) in [5.41, 5.74) is 0. The van der Waals surface area contributed by atoms with Crippen LogP contribution in [0.15, 0.2) is 0 Å². The van der Waals surface area contributed by atoms with Gasteiger partial charge in [0.05, 0.1) is 11.7 Å². The van der Waals surface area contributed by atoms with Crippen LogP contribution in [0, 0.1) is 0 Å². The fourth-order valence-electron chi connectivity index (χ4n) is 1.52. The molecule has 0 atom stereocenters. The second-order valence-electron chi connectivity index (χ2n) is 3.66. The number of halogens is 1. The molecule has 1 saturated carbocycles. The molecule has 2 rings (SSSR count). The van der Waals surface area contributed by atoms with Gasteiger partial charge in [0.2, 0.25) is 0 Å². The fraction of sp³-hybridized carbons (Fsp3) is 0.778. The van der Waals surface area contributed by atoms with Crippen molar-refractivity contribution >= 4 is 29.1 Å². The Labute approximate surface area is 93.4 Å². The molecule has 0 unspecified atom stereocenters. The van der Waals surface area contributed by atoms with Gasteiger partial charge in [-0.15, -0.1) is 0 Å². The van der Waals surface area contributed by atoms with Gasteiger partial charge in [0, 0.05) is 12.6 Å². The molecular weight excluding hydrogens is 218 g/mol. The molecule has 0 N–H and O–H groups in total. The lowest BCUT2D eigenvalue weighted by Crippen LogP contribution is -2.27. The van der Waals surface area contributed by atoms with Crippen LogP contribution in [0.25, 0.3) is 0 Å². The predicted molar refractivity (Wildman–Crippen MR) is 60.2 cm³/mol. The van der Waals surface area contributed by atoms with Gasteiger partial charge in [-0.05, 0) is 19.3 Å². The molecule has 1 aromatic heterocycles. The molecule has 78 valence electrons. The van der Waals surface area contributed by atoms with Crippen molar-refractivity contribution in [3.05, 3.63) is 5.15 Å². The first-order valence-electron chi connectivity index (χ1n) is 5.07. The van der Waals surface area contributed by atoms with Crippen molar-refractivity contribution in [2.45, 2.75) is 38.6 Å². The third-order valence-corrected chi connectivity index (χ3v) is 3.32. The van der Waals surface area contributed by atoms with E-state index in [4.69, 9.17) is 11.6 Å². The highest BCUT2D eigenvalue weighted by atomic mass is 35.5. The minimum Gasteiger partial charge on any atom is -0.350 e. The minimum absolute atomic E-state index is 0.568. The van der Waals surface area contributed by atoms with Crippen LogP contribution >= 0.6 is 23.3 Å². The van der Waals surface area contributed by atoms with Crippen LogP contribution in [0.2, 0.25) is 5.15 Å². The first-order valence-corrected chi connectivity index (χ1v) is 6.18. The van der Waals surface area contributed by atoms with Gasteiger partial charge in [-0.25, -0.2) is 0 Å². The zero-order valence-corrected chi connectivity index (χ0v) is 9.81. The molecule has 14 heavy (non-hydrogen) atoms. The molecule has 0 amide bonds. The monoisotopic (exact) mass is 231 g/mol. The first-order chi connectivity index (χ1) is 6.83. The van der Waals surface area contributed by atoms with E-state index in [0.717, 1.165) is 12.4 Å². The van der Waals surface area contributed by atoms with Gasteiger partial charge in [-0.2, -0.15) is 8.75 Å². The third-order valence-electron chi connectivity index (χ3n) is 2.45. The van der Waals surface area contributed by atoms with Gasteiger partial charge in [0.15, 0.2) is 11.0 Å². The van der Waals surface area contributed by atoms with E-state index in [2.05, 4.69) is 20.6 Å². The van der Waals surface area contributed by atoms with E-state index in [-0.39, 0.29) is 0 Å². The molecule has 0 aliphatic heterocycles. The van der Waals surface area contributed by atoms with Gasteiger partial charge < -0.3 is 4.90 Å². The Morgan fingerprint density at radius 2 is 2.29 bits per heavy atom. The van der Waals surface area contributed by atoms with Crippen LogP contribution in [0.3, 0.4) is 0 Å². The zero-order chi connectivity index (χ0) is 9.97. The largest absolute Gasteiger partial charge is 0.350 e. The molecule has 1 aliphatic carbocycles. The quantitative estimate of drug-likeness (QED) is 0.780. The molecule has 0 aromatic carbocycles. The average Bonchev–Trinajstić information content (AvgIpc) is 2.92. The molecule has 1 heterocycles. The molecule has 1 aliphatic rings. The Bertz CT molecular complexity index is 298. The summed E-state index contributed by atoms with van der Waals surface area (Å²) < 4.78 is 8.26. The van der Waals surface area contributed by atoms with Crippen LogP contribution in [0.4, 0.5) is 5.82 Å². The number of rotatable bonds is 5. The minimum atomic E-state index is 0.568. The van der Waals surface area contributed by atoms with Gasteiger partial charge >= 0.3 is 0 Å². The second kappa shape index (κ2) is 4.45. The van der Waals surface area contributed by atoms with Crippen molar-refractivity contribution in [2.75, 3.05) is 11.4 Å². The summed E-state index contributed by atoms with van der Waals surface area (Å²) in [4.78, 5) is 2.31. The number of hydrogen-bond acceptors (Lipinski definition) is 4. The van der Waals surface area contributed by atoms with E-state index in [1.54, 1.807) is 0 Å². The van der Waals surface area contributed by atoms with E-state index < -0.39 is 0 Å². The number of anilines is 1. The van der Waals surface area contributed by atoms with E-state index >= 15 is 0 Å². The molecule has 1 fully saturated rings. The summed E-state index contributed by atoms with van der Waals surface area (Å²) in [5.74, 6) is 0.896. The Kier molecular flexibility index (Phi) is 3.23. The van der Waals surface area contributed by atoms with Gasteiger partial charge in [0.1, 0.15) is 0 Å². The summed E-state index contributed by atoms with van der Waals surface area (Å²) in [7, 11) is 0. The maximum absolute atomic E-state index is 5.98. The lowest BCUT2D eigenvalue weighted by molar-refractivity contribution is 0.707. The molecule has 3 nitrogen and oxygen atoms in total. The first kappa shape index (κ1) is 10.2. The van der Waals surface area contributed by atoms with Crippen LogP contribution in [-0.2, 0) is 0 Å². The van der Waals surface area contributed by atoms with Crippen LogP contribution < -0.4 is 4.90 Å². The third kappa shape index (κ3) is 2.17. The van der Waals surface area contributed by atoms with Crippen molar-refractivity contribution in [1.29, 1.82) is 0 Å². The lowest BCUT2D eigenvalue weighted by atomic mass is 10.3. The molecule has 0 spiro atoms. The molecule has 0 radical (unpaired) electrons. The Morgan fingerprint density at radius 3 is 2.79 bits per heavy atom. The second-order valence-corrected chi connectivity index (χ2v) is 4.54. The highest BCUT2D eigenvalue weighted by Gasteiger charge is 2.31. The SMILES string of the molecule is CCCCN(c1nsnc1Cl)C1CC1. The number of aromatic nitrogens is 2. The van der Waals surface area contributed by atoms with E-state index in [9.17, 15) is 0 Å². The Morgan fingerprint density at radius 1 is 1.50 bits per heavy atom. The highest BCUT2D eigenvalue weighted by Crippen LogP contribution is 2.34.